The van der Waals surface area contributed by atoms with E-state index in [1.807, 2.05) is 24.5 Å². The molecule has 1 saturated carbocycles. The summed E-state index contributed by atoms with van der Waals surface area (Å²) in [6.07, 6.45) is 8.77. The monoisotopic (exact) mass is 238 g/mol. The molecule has 1 aromatic heterocycles. The Hall–Kier alpha value is -0.600. The molecular formula is C13H19ClN2. The van der Waals surface area contributed by atoms with Crippen molar-refractivity contribution >= 4 is 11.6 Å². The third-order valence-electron chi connectivity index (χ3n) is 3.30. The van der Waals surface area contributed by atoms with Crippen LogP contribution >= 0.6 is 11.6 Å². The third kappa shape index (κ3) is 3.46. The van der Waals surface area contributed by atoms with Gasteiger partial charge in [0.15, 0.2) is 0 Å². The Morgan fingerprint density at radius 2 is 2.00 bits per heavy atom. The molecule has 16 heavy (non-hydrogen) atoms. The maximum absolute atomic E-state index is 6.31. The molecule has 88 valence electrons. The fourth-order valence-corrected chi connectivity index (χ4v) is 2.66. The largest absolute Gasteiger partial charge is 0.312 e. The van der Waals surface area contributed by atoms with Gasteiger partial charge in [-0.2, -0.15) is 0 Å². The smallest absolute Gasteiger partial charge is 0.0376 e. The van der Waals surface area contributed by atoms with Crippen molar-refractivity contribution in [2.75, 3.05) is 6.54 Å². The van der Waals surface area contributed by atoms with Gasteiger partial charge in [0.2, 0.25) is 0 Å². The van der Waals surface area contributed by atoms with Gasteiger partial charge in [-0.15, -0.1) is 11.6 Å². The van der Waals surface area contributed by atoms with E-state index in [1.54, 1.807) is 0 Å². The maximum Gasteiger partial charge on any atom is 0.0376 e. The number of rotatable bonds is 4. The molecule has 1 fully saturated rings. The summed E-state index contributed by atoms with van der Waals surface area (Å²) in [7, 11) is 0. The van der Waals surface area contributed by atoms with Crippen LogP contribution in [0.25, 0.3) is 0 Å². The standard InChI is InChI=1S/C13H19ClN2/c14-13-4-2-1-3-12(13)10-16-9-11-5-7-15-8-6-11/h5-8,12-13,16H,1-4,9-10H2. The van der Waals surface area contributed by atoms with Gasteiger partial charge in [-0.3, -0.25) is 4.98 Å². The highest BCUT2D eigenvalue weighted by molar-refractivity contribution is 6.20. The van der Waals surface area contributed by atoms with Crippen molar-refractivity contribution < 1.29 is 0 Å². The number of hydrogen-bond donors (Lipinski definition) is 1. The van der Waals surface area contributed by atoms with E-state index in [2.05, 4.69) is 10.3 Å². The van der Waals surface area contributed by atoms with Crippen LogP contribution in [0.1, 0.15) is 31.2 Å². The number of nitrogens with one attached hydrogen (secondary N) is 1. The summed E-state index contributed by atoms with van der Waals surface area (Å²) in [4.78, 5) is 4.01. The normalized spacial score (nSPS) is 25.6. The molecule has 1 N–H and O–H groups in total. The molecule has 0 saturated heterocycles. The lowest BCUT2D eigenvalue weighted by Gasteiger charge is -2.27. The lowest BCUT2D eigenvalue weighted by atomic mass is 9.89. The zero-order valence-corrected chi connectivity index (χ0v) is 10.3. The van der Waals surface area contributed by atoms with Gasteiger partial charge in [0, 0.05) is 24.3 Å². The summed E-state index contributed by atoms with van der Waals surface area (Å²) in [6.45, 7) is 1.96. The Kier molecular flexibility index (Phi) is 4.61. The van der Waals surface area contributed by atoms with Crippen LogP contribution in [-0.2, 0) is 6.54 Å². The van der Waals surface area contributed by atoms with Crippen molar-refractivity contribution in [2.45, 2.75) is 37.6 Å². The molecule has 1 heterocycles. The first kappa shape index (κ1) is 11.9. The first-order chi connectivity index (χ1) is 7.86. The molecule has 1 aliphatic rings. The van der Waals surface area contributed by atoms with E-state index >= 15 is 0 Å². The van der Waals surface area contributed by atoms with E-state index < -0.39 is 0 Å². The molecule has 2 nitrogen and oxygen atoms in total. The van der Waals surface area contributed by atoms with Gasteiger partial charge in [0.05, 0.1) is 0 Å². The molecule has 3 heteroatoms. The number of halogens is 1. The van der Waals surface area contributed by atoms with Crippen molar-refractivity contribution in [3.63, 3.8) is 0 Å². The molecular weight excluding hydrogens is 220 g/mol. The first-order valence-corrected chi connectivity index (χ1v) is 6.53. The SMILES string of the molecule is ClC1CCCCC1CNCc1ccncc1. The molecule has 1 aromatic rings. The van der Waals surface area contributed by atoms with Gasteiger partial charge in [-0.25, -0.2) is 0 Å². The van der Waals surface area contributed by atoms with Gasteiger partial charge in [0.1, 0.15) is 0 Å². The molecule has 1 aliphatic carbocycles. The number of pyridine rings is 1. The van der Waals surface area contributed by atoms with Crippen LogP contribution in [0.4, 0.5) is 0 Å². The van der Waals surface area contributed by atoms with Gasteiger partial charge in [-0.05, 0) is 43.0 Å². The lowest BCUT2D eigenvalue weighted by Crippen LogP contribution is -2.30. The number of alkyl halides is 1. The van der Waals surface area contributed by atoms with Crippen LogP contribution < -0.4 is 5.32 Å². The second-order valence-electron chi connectivity index (χ2n) is 4.55. The predicted octanol–water partition coefficient (Wildman–Crippen LogP) is 2.97. The Labute approximate surface area is 102 Å². The van der Waals surface area contributed by atoms with Crippen LogP contribution in [0.5, 0.6) is 0 Å². The molecule has 0 aromatic carbocycles. The predicted molar refractivity (Wildman–Crippen MR) is 67.5 cm³/mol. The second-order valence-corrected chi connectivity index (χ2v) is 5.11. The van der Waals surface area contributed by atoms with Crippen LogP contribution in [0.2, 0.25) is 0 Å². The maximum atomic E-state index is 6.31. The average molecular weight is 239 g/mol. The molecule has 2 unspecified atom stereocenters. The van der Waals surface area contributed by atoms with Crippen LogP contribution in [0.3, 0.4) is 0 Å². The summed E-state index contributed by atoms with van der Waals surface area (Å²) in [5.74, 6) is 0.650. The van der Waals surface area contributed by atoms with Gasteiger partial charge < -0.3 is 5.32 Å². The minimum Gasteiger partial charge on any atom is -0.312 e. The quantitative estimate of drug-likeness (QED) is 0.816. The van der Waals surface area contributed by atoms with E-state index in [1.165, 1.54) is 31.2 Å². The van der Waals surface area contributed by atoms with Crippen LogP contribution in [0.15, 0.2) is 24.5 Å². The molecule has 0 aliphatic heterocycles. The van der Waals surface area contributed by atoms with Crippen LogP contribution in [-0.4, -0.2) is 16.9 Å². The summed E-state index contributed by atoms with van der Waals surface area (Å²) < 4.78 is 0. The summed E-state index contributed by atoms with van der Waals surface area (Å²) in [6, 6.07) is 4.10. The Balaban J connectivity index is 1.71. The third-order valence-corrected chi connectivity index (χ3v) is 3.88. The summed E-state index contributed by atoms with van der Waals surface area (Å²) in [5.41, 5.74) is 1.29. The number of nitrogens with zero attached hydrogens (tertiary/aromatic N) is 1. The Morgan fingerprint density at radius 3 is 2.75 bits per heavy atom. The minimum absolute atomic E-state index is 0.374. The first-order valence-electron chi connectivity index (χ1n) is 6.10. The zero-order valence-electron chi connectivity index (χ0n) is 9.53. The summed E-state index contributed by atoms with van der Waals surface area (Å²) in [5, 5.41) is 3.86. The van der Waals surface area contributed by atoms with E-state index in [-0.39, 0.29) is 0 Å². The molecule has 0 spiro atoms. The fourth-order valence-electron chi connectivity index (χ4n) is 2.29. The van der Waals surface area contributed by atoms with Crippen molar-refractivity contribution in [1.82, 2.24) is 10.3 Å². The highest BCUT2D eigenvalue weighted by Gasteiger charge is 2.22. The second kappa shape index (κ2) is 6.21. The number of hydrogen-bond acceptors (Lipinski definition) is 2. The van der Waals surface area contributed by atoms with Crippen molar-refractivity contribution in [3.05, 3.63) is 30.1 Å². The van der Waals surface area contributed by atoms with Gasteiger partial charge in [0.25, 0.3) is 0 Å². The highest BCUT2D eigenvalue weighted by atomic mass is 35.5. The lowest BCUT2D eigenvalue weighted by molar-refractivity contribution is 0.348. The van der Waals surface area contributed by atoms with Crippen molar-refractivity contribution in [3.8, 4) is 0 Å². The Morgan fingerprint density at radius 1 is 1.25 bits per heavy atom. The molecule has 2 atom stereocenters. The topological polar surface area (TPSA) is 24.9 Å². The van der Waals surface area contributed by atoms with Gasteiger partial charge in [-0.1, -0.05) is 12.8 Å². The van der Waals surface area contributed by atoms with Crippen molar-refractivity contribution in [1.29, 1.82) is 0 Å². The molecule has 0 amide bonds. The Bertz CT molecular complexity index is 302. The van der Waals surface area contributed by atoms with E-state index in [4.69, 9.17) is 11.6 Å². The zero-order chi connectivity index (χ0) is 11.2. The highest BCUT2D eigenvalue weighted by Crippen LogP contribution is 2.27. The fraction of sp³-hybridized carbons (Fsp3) is 0.615. The molecule has 0 radical (unpaired) electrons. The van der Waals surface area contributed by atoms with E-state index in [0.29, 0.717) is 11.3 Å². The van der Waals surface area contributed by atoms with Gasteiger partial charge >= 0.3 is 0 Å². The van der Waals surface area contributed by atoms with E-state index in [9.17, 15) is 0 Å². The van der Waals surface area contributed by atoms with E-state index in [0.717, 1.165) is 13.1 Å². The average Bonchev–Trinajstić information content (AvgIpc) is 2.33. The minimum atomic E-state index is 0.374. The van der Waals surface area contributed by atoms with Crippen LogP contribution in [0, 0.1) is 5.92 Å². The number of aromatic nitrogens is 1. The van der Waals surface area contributed by atoms with Crippen molar-refractivity contribution in [2.24, 2.45) is 5.92 Å². The molecule has 0 bridgehead atoms. The molecule has 2 rings (SSSR count). The summed E-state index contributed by atoms with van der Waals surface area (Å²) >= 11 is 6.31.